The first-order valence-corrected chi connectivity index (χ1v) is 9.93. The molecule has 1 saturated carbocycles. The molecule has 1 aliphatic heterocycles. The Kier molecular flexibility index (Phi) is 5.61. The molecule has 27 heavy (non-hydrogen) atoms. The number of methoxy groups -OCH3 is 1. The fourth-order valence-corrected chi connectivity index (χ4v) is 4.19. The van der Waals surface area contributed by atoms with Crippen molar-refractivity contribution in [1.29, 1.82) is 0 Å². The van der Waals surface area contributed by atoms with E-state index in [-0.39, 0.29) is 41.1 Å². The molecule has 2 atom stereocenters. The van der Waals surface area contributed by atoms with E-state index in [1.54, 1.807) is 0 Å². The third kappa shape index (κ3) is 4.52. The monoisotopic (exact) mass is 372 g/mol. The predicted octanol–water partition coefficient (Wildman–Crippen LogP) is 3.09. The highest BCUT2D eigenvalue weighted by molar-refractivity contribution is 5.83. The van der Waals surface area contributed by atoms with E-state index in [4.69, 9.17) is 4.74 Å². The lowest BCUT2D eigenvalue weighted by atomic mass is 9.86. The number of hydrogen-bond acceptors (Lipinski definition) is 4. The molecule has 1 aromatic carbocycles. The zero-order valence-corrected chi connectivity index (χ0v) is 16.9. The van der Waals surface area contributed by atoms with E-state index in [1.165, 1.54) is 12.7 Å². The van der Waals surface area contributed by atoms with Crippen molar-refractivity contribution >= 4 is 11.9 Å². The minimum Gasteiger partial charge on any atom is -0.469 e. The molecule has 5 nitrogen and oxygen atoms in total. The van der Waals surface area contributed by atoms with Gasteiger partial charge in [-0.2, -0.15) is 0 Å². The van der Waals surface area contributed by atoms with Crippen LogP contribution in [-0.4, -0.2) is 32.1 Å². The van der Waals surface area contributed by atoms with Gasteiger partial charge in [-0.3, -0.25) is 9.59 Å². The van der Waals surface area contributed by atoms with Gasteiger partial charge in [0.2, 0.25) is 5.91 Å². The number of carbonyl (C=O) groups is 2. The van der Waals surface area contributed by atoms with Gasteiger partial charge in [0.15, 0.2) is 0 Å². The number of benzene rings is 1. The molecule has 2 aliphatic rings. The lowest BCUT2D eigenvalue weighted by molar-refractivity contribution is -0.141. The first-order valence-electron chi connectivity index (χ1n) is 9.93. The molecule has 1 heterocycles. The molecule has 0 radical (unpaired) electrons. The summed E-state index contributed by atoms with van der Waals surface area (Å²) in [6, 6.07) is 7.84. The van der Waals surface area contributed by atoms with Crippen molar-refractivity contribution < 1.29 is 14.3 Å². The summed E-state index contributed by atoms with van der Waals surface area (Å²) in [5, 5.41) is 6.49. The van der Waals surface area contributed by atoms with Crippen LogP contribution in [0.5, 0.6) is 0 Å². The summed E-state index contributed by atoms with van der Waals surface area (Å²) in [5.74, 6) is -0.160. The Hall–Kier alpha value is -1.88. The van der Waals surface area contributed by atoms with Gasteiger partial charge < -0.3 is 15.4 Å². The Morgan fingerprint density at radius 2 is 1.85 bits per heavy atom. The normalized spacial score (nSPS) is 22.1. The molecule has 0 aromatic heterocycles. The average molecular weight is 373 g/mol. The number of esters is 1. The van der Waals surface area contributed by atoms with Gasteiger partial charge in [0.1, 0.15) is 0 Å². The maximum atomic E-state index is 12.9. The van der Waals surface area contributed by atoms with Crippen LogP contribution in [0.15, 0.2) is 24.3 Å². The standard InChI is InChI=1S/C22H32N2O3/c1-21(2,3)16-7-5-15(6-8-16)18(13-19(25)27-4)24-20(26)17-14-22(17)9-11-23-12-10-22/h5-8,17-18,23H,9-14H2,1-4H3,(H,24,26). The first kappa shape index (κ1) is 19.9. The van der Waals surface area contributed by atoms with Gasteiger partial charge in [0.25, 0.3) is 0 Å². The number of carbonyl (C=O) groups excluding carboxylic acids is 2. The summed E-state index contributed by atoms with van der Waals surface area (Å²) < 4.78 is 4.85. The first-order chi connectivity index (χ1) is 12.7. The lowest BCUT2D eigenvalue weighted by Crippen LogP contribution is -2.36. The molecule has 2 N–H and O–H groups in total. The van der Waals surface area contributed by atoms with Gasteiger partial charge in [-0.05, 0) is 54.3 Å². The predicted molar refractivity (Wildman–Crippen MR) is 105 cm³/mol. The zero-order chi connectivity index (χ0) is 19.7. The molecule has 0 bridgehead atoms. The SMILES string of the molecule is COC(=O)CC(NC(=O)C1CC12CCNCC2)c1ccc(C(C)(C)C)cc1. The summed E-state index contributed by atoms with van der Waals surface area (Å²) in [6.45, 7) is 8.48. The third-order valence-corrected chi connectivity index (χ3v) is 6.20. The van der Waals surface area contributed by atoms with Crippen molar-refractivity contribution in [3.8, 4) is 0 Å². The largest absolute Gasteiger partial charge is 0.469 e. The molecule has 1 saturated heterocycles. The van der Waals surface area contributed by atoms with Crippen molar-refractivity contribution in [2.24, 2.45) is 11.3 Å². The van der Waals surface area contributed by atoms with Gasteiger partial charge >= 0.3 is 5.97 Å². The number of ether oxygens (including phenoxy) is 1. The number of rotatable bonds is 5. The van der Waals surface area contributed by atoms with Crippen molar-refractivity contribution in [3.05, 3.63) is 35.4 Å². The molecule has 3 rings (SSSR count). The van der Waals surface area contributed by atoms with E-state index in [0.717, 1.165) is 37.9 Å². The third-order valence-electron chi connectivity index (χ3n) is 6.20. The van der Waals surface area contributed by atoms with Gasteiger partial charge in [-0.25, -0.2) is 0 Å². The van der Waals surface area contributed by atoms with Gasteiger partial charge in [-0.15, -0.1) is 0 Å². The Morgan fingerprint density at radius 1 is 1.22 bits per heavy atom. The molecule has 2 unspecified atom stereocenters. The quantitative estimate of drug-likeness (QED) is 0.780. The lowest BCUT2D eigenvalue weighted by Gasteiger charge is -2.25. The minimum absolute atomic E-state index is 0.0645. The van der Waals surface area contributed by atoms with E-state index in [1.807, 2.05) is 12.1 Å². The number of piperidine rings is 1. The Balaban J connectivity index is 1.72. The Labute approximate surface area is 162 Å². The highest BCUT2D eigenvalue weighted by Gasteiger charge is 2.57. The van der Waals surface area contributed by atoms with Gasteiger partial charge in [0, 0.05) is 5.92 Å². The fourth-order valence-electron chi connectivity index (χ4n) is 4.19. The van der Waals surface area contributed by atoms with Gasteiger partial charge in [0.05, 0.1) is 19.6 Å². The van der Waals surface area contributed by atoms with Crippen LogP contribution in [0.2, 0.25) is 0 Å². The van der Waals surface area contributed by atoms with Crippen LogP contribution < -0.4 is 10.6 Å². The maximum Gasteiger partial charge on any atom is 0.307 e. The summed E-state index contributed by atoms with van der Waals surface area (Å²) in [5.41, 5.74) is 2.42. The minimum atomic E-state index is -0.349. The van der Waals surface area contributed by atoms with Crippen LogP contribution in [0.3, 0.4) is 0 Å². The van der Waals surface area contributed by atoms with Crippen LogP contribution in [0.4, 0.5) is 0 Å². The summed E-state index contributed by atoms with van der Waals surface area (Å²) in [4.78, 5) is 24.8. The van der Waals surface area contributed by atoms with Crippen LogP contribution in [0, 0.1) is 11.3 Å². The average Bonchev–Trinajstić information content (AvgIpc) is 3.34. The Morgan fingerprint density at radius 3 is 2.41 bits per heavy atom. The zero-order valence-electron chi connectivity index (χ0n) is 16.9. The molecule has 1 spiro atoms. The van der Waals surface area contributed by atoms with E-state index in [9.17, 15) is 9.59 Å². The van der Waals surface area contributed by atoms with E-state index < -0.39 is 0 Å². The summed E-state index contributed by atoms with van der Waals surface area (Å²) in [7, 11) is 1.38. The summed E-state index contributed by atoms with van der Waals surface area (Å²) in [6.07, 6.45) is 3.24. The van der Waals surface area contributed by atoms with Gasteiger partial charge in [-0.1, -0.05) is 45.0 Å². The molecule has 148 valence electrons. The molecule has 1 aromatic rings. The highest BCUT2D eigenvalue weighted by Crippen LogP contribution is 2.58. The fraction of sp³-hybridized carbons (Fsp3) is 0.636. The number of nitrogens with one attached hydrogen (secondary N) is 2. The number of hydrogen-bond donors (Lipinski definition) is 2. The van der Waals surface area contributed by atoms with Crippen LogP contribution in [-0.2, 0) is 19.7 Å². The number of amides is 1. The van der Waals surface area contributed by atoms with E-state index >= 15 is 0 Å². The molecule has 1 amide bonds. The maximum absolute atomic E-state index is 12.9. The second-order valence-electron chi connectivity index (χ2n) is 9.08. The smallest absolute Gasteiger partial charge is 0.307 e. The highest BCUT2D eigenvalue weighted by atomic mass is 16.5. The second-order valence-corrected chi connectivity index (χ2v) is 9.08. The van der Waals surface area contributed by atoms with E-state index in [2.05, 4.69) is 43.5 Å². The van der Waals surface area contributed by atoms with Crippen LogP contribution >= 0.6 is 0 Å². The van der Waals surface area contributed by atoms with Crippen molar-refractivity contribution in [1.82, 2.24) is 10.6 Å². The molecule has 1 aliphatic carbocycles. The van der Waals surface area contributed by atoms with E-state index in [0.29, 0.717) is 0 Å². The van der Waals surface area contributed by atoms with Crippen LogP contribution in [0.25, 0.3) is 0 Å². The van der Waals surface area contributed by atoms with Crippen molar-refractivity contribution in [3.63, 3.8) is 0 Å². The molecule has 5 heteroatoms. The molecular formula is C22H32N2O3. The van der Waals surface area contributed by atoms with Crippen molar-refractivity contribution in [2.75, 3.05) is 20.2 Å². The molecule has 2 fully saturated rings. The summed E-state index contributed by atoms with van der Waals surface area (Å²) >= 11 is 0. The van der Waals surface area contributed by atoms with Crippen molar-refractivity contribution in [2.45, 2.75) is 57.9 Å². The Bertz CT molecular complexity index is 685. The topological polar surface area (TPSA) is 67.4 Å². The molecular weight excluding hydrogens is 340 g/mol. The second kappa shape index (κ2) is 7.63. The van der Waals surface area contributed by atoms with Crippen LogP contribution in [0.1, 0.15) is 63.6 Å².